The molecule has 2 nitrogen and oxygen atoms in total. The van der Waals surface area contributed by atoms with Crippen molar-refractivity contribution >= 4 is 21.6 Å². The van der Waals surface area contributed by atoms with Crippen molar-refractivity contribution in [3.8, 4) is 0 Å². The Morgan fingerprint density at radius 3 is 2.65 bits per heavy atom. The van der Waals surface area contributed by atoms with Crippen LogP contribution in [0, 0.1) is 0 Å². The Morgan fingerprint density at radius 1 is 1.15 bits per heavy atom. The fourth-order valence-corrected chi connectivity index (χ4v) is 2.85. The molecule has 3 rings (SSSR count). The lowest BCUT2D eigenvalue weighted by atomic mass is 10.0. The molecule has 104 valence electrons. The molecule has 0 radical (unpaired) electrons. The van der Waals surface area contributed by atoms with E-state index in [-0.39, 0.29) is 12.6 Å². The summed E-state index contributed by atoms with van der Waals surface area (Å²) >= 11 is 3.53. The number of para-hydroxylation sites is 1. The zero-order chi connectivity index (χ0) is 13.9. The van der Waals surface area contributed by atoms with Gasteiger partial charge < -0.3 is 10.4 Å². The highest BCUT2D eigenvalue weighted by atomic mass is 79.9. The SMILES string of the molecule is OCC(Nc1ccccc1Br)c1cccc(C2CC2)c1. The maximum absolute atomic E-state index is 9.70. The average Bonchev–Trinajstić information content (AvgIpc) is 3.31. The van der Waals surface area contributed by atoms with Crippen molar-refractivity contribution in [3.63, 3.8) is 0 Å². The third-order valence-corrected chi connectivity index (χ3v) is 4.44. The van der Waals surface area contributed by atoms with Crippen LogP contribution in [0.25, 0.3) is 0 Å². The van der Waals surface area contributed by atoms with Crippen molar-refractivity contribution in [2.75, 3.05) is 11.9 Å². The van der Waals surface area contributed by atoms with Crippen molar-refractivity contribution in [2.24, 2.45) is 0 Å². The van der Waals surface area contributed by atoms with Gasteiger partial charge in [0.05, 0.1) is 12.6 Å². The topological polar surface area (TPSA) is 32.3 Å². The first-order chi connectivity index (χ1) is 9.78. The molecule has 0 aromatic heterocycles. The number of aliphatic hydroxyl groups is 1. The van der Waals surface area contributed by atoms with Gasteiger partial charge in [-0.1, -0.05) is 36.4 Å². The van der Waals surface area contributed by atoms with E-state index in [1.54, 1.807) is 0 Å². The minimum atomic E-state index is -0.0765. The highest BCUT2D eigenvalue weighted by molar-refractivity contribution is 9.10. The Kier molecular flexibility index (Phi) is 4.08. The Bertz CT molecular complexity index is 595. The van der Waals surface area contributed by atoms with E-state index in [2.05, 4.69) is 45.5 Å². The number of aliphatic hydroxyl groups excluding tert-OH is 1. The third kappa shape index (κ3) is 3.05. The summed E-state index contributed by atoms with van der Waals surface area (Å²) in [6.07, 6.45) is 2.59. The Labute approximate surface area is 128 Å². The summed E-state index contributed by atoms with van der Waals surface area (Å²) < 4.78 is 1.01. The molecule has 0 heterocycles. The maximum Gasteiger partial charge on any atom is 0.0745 e. The first-order valence-electron chi connectivity index (χ1n) is 6.99. The molecule has 0 amide bonds. The number of hydrogen-bond acceptors (Lipinski definition) is 2. The van der Waals surface area contributed by atoms with Crippen LogP contribution in [0.2, 0.25) is 0 Å². The summed E-state index contributed by atoms with van der Waals surface area (Å²) in [5.41, 5.74) is 3.55. The first kappa shape index (κ1) is 13.7. The molecule has 1 aliphatic rings. The highest BCUT2D eigenvalue weighted by Gasteiger charge is 2.24. The molecule has 1 unspecified atom stereocenters. The van der Waals surface area contributed by atoms with Gasteiger partial charge in [-0.05, 0) is 57.9 Å². The molecule has 1 atom stereocenters. The van der Waals surface area contributed by atoms with E-state index >= 15 is 0 Å². The lowest BCUT2D eigenvalue weighted by Gasteiger charge is -2.19. The summed E-state index contributed by atoms with van der Waals surface area (Å²) in [5, 5.41) is 13.1. The second-order valence-corrected chi connectivity index (χ2v) is 6.16. The second-order valence-electron chi connectivity index (χ2n) is 5.30. The van der Waals surface area contributed by atoms with Crippen LogP contribution in [0.1, 0.15) is 35.9 Å². The quantitative estimate of drug-likeness (QED) is 0.847. The van der Waals surface area contributed by atoms with Gasteiger partial charge in [-0.2, -0.15) is 0 Å². The summed E-state index contributed by atoms with van der Waals surface area (Å²) in [6, 6.07) is 16.5. The lowest BCUT2D eigenvalue weighted by Crippen LogP contribution is -2.15. The highest BCUT2D eigenvalue weighted by Crippen LogP contribution is 2.40. The van der Waals surface area contributed by atoms with Gasteiger partial charge in [0.15, 0.2) is 0 Å². The molecule has 0 bridgehead atoms. The van der Waals surface area contributed by atoms with Crippen LogP contribution in [0.5, 0.6) is 0 Å². The minimum absolute atomic E-state index is 0.0765. The molecule has 2 aromatic rings. The summed E-state index contributed by atoms with van der Waals surface area (Å²) in [5.74, 6) is 0.734. The number of nitrogens with one attached hydrogen (secondary N) is 1. The molecule has 3 heteroatoms. The monoisotopic (exact) mass is 331 g/mol. The van der Waals surface area contributed by atoms with Gasteiger partial charge in [-0.15, -0.1) is 0 Å². The van der Waals surface area contributed by atoms with Crippen molar-refractivity contribution < 1.29 is 5.11 Å². The van der Waals surface area contributed by atoms with E-state index in [0.717, 1.165) is 21.6 Å². The predicted octanol–water partition coefficient (Wildman–Crippen LogP) is 4.47. The van der Waals surface area contributed by atoms with E-state index in [1.807, 2.05) is 24.3 Å². The van der Waals surface area contributed by atoms with Crippen LogP contribution in [0.3, 0.4) is 0 Å². The van der Waals surface area contributed by atoms with Crippen molar-refractivity contribution in [1.82, 2.24) is 0 Å². The van der Waals surface area contributed by atoms with Gasteiger partial charge in [-0.3, -0.25) is 0 Å². The molecule has 1 fully saturated rings. The van der Waals surface area contributed by atoms with E-state index in [1.165, 1.54) is 18.4 Å². The van der Waals surface area contributed by atoms with Crippen LogP contribution in [-0.2, 0) is 0 Å². The Morgan fingerprint density at radius 2 is 1.95 bits per heavy atom. The van der Waals surface area contributed by atoms with E-state index in [0.29, 0.717) is 0 Å². The molecule has 2 aromatic carbocycles. The fraction of sp³-hybridized carbons (Fsp3) is 0.294. The van der Waals surface area contributed by atoms with Crippen molar-refractivity contribution in [2.45, 2.75) is 24.8 Å². The summed E-state index contributed by atoms with van der Waals surface area (Å²) in [6.45, 7) is 0.0788. The largest absolute Gasteiger partial charge is 0.394 e. The van der Waals surface area contributed by atoms with Gasteiger partial charge in [-0.25, -0.2) is 0 Å². The fourth-order valence-electron chi connectivity index (χ4n) is 2.45. The molecular formula is C17H18BrNO. The standard InChI is InChI=1S/C17H18BrNO/c18-15-6-1-2-7-16(15)19-17(11-20)14-5-3-4-13(10-14)12-8-9-12/h1-7,10,12,17,19-20H,8-9,11H2. The zero-order valence-electron chi connectivity index (χ0n) is 11.2. The number of anilines is 1. The van der Waals surface area contributed by atoms with Crippen LogP contribution >= 0.6 is 15.9 Å². The van der Waals surface area contributed by atoms with Crippen LogP contribution in [-0.4, -0.2) is 11.7 Å². The molecule has 0 spiro atoms. The van der Waals surface area contributed by atoms with E-state index in [9.17, 15) is 5.11 Å². The molecular weight excluding hydrogens is 314 g/mol. The minimum Gasteiger partial charge on any atom is -0.394 e. The van der Waals surface area contributed by atoms with Crippen molar-refractivity contribution in [3.05, 3.63) is 64.1 Å². The summed E-state index contributed by atoms with van der Waals surface area (Å²) in [7, 11) is 0. The van der Waals surface area contributed by atoms with Gasteiger partial charge in [0.1, 0.15) is 0 Å². The van der Waals surface area contributed by atoms with E-state index < -0.39 is 0 Å². The molecule has 0 saturated heterocycles. The molecule has 0 aliphatic heterocycles. The number of benzene rings is 2. The lowest BCUT2D eigenvalue weighted by molar-refractivity contribution is 0.276. The predicted molar refractivity (Wildman–Crippen MR) is 86.0 cm³/mol. The maximum atomic E-state index is 9.70. The molecule has 1 aliphatic carbocycles. The van der Waals surface area contributed by atoms with Crippen LogP contribution in [0.15, 0.2) is 53.0 Å². The van der Waals surface area contributed by atoms with Gasteiger partial charge in [0.25, 0.3) is 0 Å². The van der Waals surface area contributed by atoms with Crippen LogP contribution in [0.4, 0.5) is 5.69 Å². The van der Waals surface area contributed by atoms with E-state index in [4.69, 9.17) is 0 Å². The second kappa shape index (κ2) is 5.98. The van der Waals surface area contributed by atoms with Gasteiger partial charge in [0.2, 0.25) is 0 Å². The van der Waals surface area contributed by atoms with Crippen LogP contribution < -0.4 is 5.32 Å². The average molecular weight is 332 g/mol. The smallest absolute Gasteiger partial charge is 0.0745 e. The van der Waals surface area contributed by atoms with Gasteiger partial charge >= 0.3 is 0 Å². The summed E-state index contributed by atoms with van der Waals surface area (Å²) in [4.78, 5) is 0. The molecule has 20 heavy (non-hydrogen) atoms. The normalized spacial score (nSPS) is 15.9. The number of hydrogen-bond donors (Lipinski definition) is 2. The number of halogens is 1. The third-order valence-electron chi connectivity index (χ3n) is 3.75. The Balaban J connectivity index is 1.82. The molecule has 2 N–H and O–H groups in total. The first-order valence-corrected chi connectivity index (χ1v) is 7.79. The van der Waals surface area contributed by atoms with Crippen molar-refractivity contribution in [1.29, 1.82) is 0 Å². The number of rotatable bonds is 5. The van der Waals surface area contributed by atoms with Gasteiger partial charge in [0, 0.05) is 10.2 Å². The molecule has 1 saturated carbocycles. The zero-order valence-corrected chi connectivity index (χ0v) is 12.8. The Hall–Kier alpha value is -1.32.